The van der Waals surface area contributed by atoms with E-state index >= 15 is 0 Å². The number of carbonyl (C=O) groups is 1. The second-order valence-electron chi connectivity index (χ2n) is 2.24. The summed E-state index contributed by atoms with van der Waals surface area (Å²) in [5.74, 6) is -0.865. The fraction of sp³-hybridized carbons (Fsp3) is 0.143. The van der Waals surface area contributed by atoms with Gasteiger partial charge in [-0.25, -0.2) is 9.37 Å². The van der Waals surface area contributed by atoms with Crippen LogP contribution in [0.2, 0.25) is 0 Å². The third-order valence-corrected chi connectivity index (χ3v) is 1.23. The minimum atomic E-state index is -0.589. The van der Waals surface area contributed by atoms with E-state index in [0.717, 1.165) is 6.07 Å². The molecule has 1 aromatic heterocycles. The first-order valence-corrected chi connectivity index (χ1v) is 3.29. The summed E-state index contributed by atoms with van der Waals surface area (Å²) in [4.78, 5) is 14.2. The molecule has 0 aromatic carbocycles. The second kappa shape index (κ2) is 3.17. The molecule has 0 atom stereocenters. The molecule has 64 valence electrons. The molecule has 0 bridgehead atoms. The number of nitrogens with zero attached hydrogens (tertiary/aromatic N) is 1. The first kappa shape index (κ1) is 8.45. The molecule has 1 aromatic rings. The summed E-state index contributed by atoms with van der Waals surface area (Å²) in [6, 6.07) is 1.13. The summed E-state index contributed by atoms with van der Waals surface area (Å²) >= 11 is 0. The number of hydrogen-bond acceptors (Lipinski definition) is 3. The minimum absolute atomic E-state index is 0.0579. The molecule has 0 saturated carbocycles. The van der Waals surface area contributed by atoms with Crippen LogP contribution in [0.3, 0.4) is 0 Å². The zero-order valence-electron chi connectivity index (χ0n) is 6.47. The molecule has 1 heterocycles. The molecule has 0 fully saturated rings. The molecular formula is C7H8FN3O. The summed E-state index contributed by atoms with van der Waals surface area (Å²) in [5, 5.41) is 2.30. The number of hydrogen-bond donors (Lipinski definition) is 2. The molecule has 0 aliphatic carbocycles. The molecule has 0 saturated heterocycles. The minimum Gasteiger partial charge on any atom is -0.393 e. The maximum atomic E-state index is 12.7. The van der Waals surface area contributed by atoms with Gasteiger partial charge in [-0.2, -0.15) is 0 Å². The molecule has 4 nitrogen and oxygen atoms in total. The molecule has 0 aliphatic heterocycles. The zero-order valence-corrected chi connectivity index (χ0v) is 6.47. The van der Waals surface area contributed by atoms with Crippen molar-refractivity contribution in [2.24, 2.45) is 0 Å². The van der Waals surface area contributed by atoms with Crippen LogP contribution in [0.1, 0.15) is 6.92 Å². The molecule has 1 amide bonds. The Morgan fingerprint density at radius 2 is 2.42 bits per heavy atom. The van der Waals surface area contributed by atoms with Crippen LogP contribution in [0.25, 0.3) is 0 Å². The standard InChI is InChI=1S/C7H8FN3O/c1-4(12)11-7-6(9)5(8)2-3-10-7/h2-3H,9H2,1H3,(H,10,11,12). The van der Waals surface area contributed by atoms with Gasteiger partial charge in [0.1, 0.15) is 5.69 Å². The van der Waals surface area contributed by atoms with Gasteiger partial charge in [0.2, 0.25) is 5.91 Å². The number of halogens is 1. The van der Waals surface area contributed by atoms with Crippen molar-refractivity contribution >= 4 is 17.4 Å². The van der Waals surface area contributed by atoms with E-state index in [0.29, 0.717) is 0 Å². The second-order valence-corrected chi connectivity index (χ2v) is 2.24. The van der Waals surface area contributed by atoms with E-state index in [-0.39, 0.29) is 17.4 Å². The summed E-state index contributed by atoms with van der Waals surface area (Å²) < 4.78 is 12.7. The molecule has 12 heavy (non-hydrogen) atoms. The van der Waals surface area contributed by atoms with Crippen molar-refractivity contribution < 1.29 is 9.18 Å². The SMILES string of the molecule is CC(=O)Nc1nccc(F)c1N. The first-order chi connectivity index (χ1) is 5.61. The average molecular weight is 169 g/mol. The lowest BCUT2D eigenvalue weighted by Gasteiger charge is -2.03. The Morgan fingerprint density at radius 3 is 3.00 bits per heavy atom. The highest BCUT2D eigenvalue weighted by Crippen LogP contribution is 2.17. The predicted octanol–water partition coefficient (Wildman–Crippen LogP) is 0.761. The number of nitrogens with one attached hydrogen (secondary N) is 1. The van der Waals surface area contributed by atoms with Gasteiger partial charge in [-0.1, -0.05) is 0 Å². The predicted molar refractivity (Wildman–Crippen MR) is 42.9 cm³/mol. The van der Waals surface area contributed by atoms with E-state index < -0.39 is 5.82 Å². The normalized spacial score (nSPS) is 9.50. The van der Waals surface area contributed by atoms with Gasteiger partial charge in [0, 0.05) is 13.1 Å². The lowest BCUT2D eigenvalue weighted by molar-refractivity contribution is -0.114. The van der Waals surface area contributed by atoms with Crippen molar-refractivity contribution in [3.05, 3.63) is 18.1 Å². The Labute approximate surface area is 68.6 Å². The average Bonchev–Trinajstić information content (AvgIpc) is 1.98. The van der Waals surface area contributed by atoms with E-state index in [9.17, 15) is 9.18 Å². The third-order valence-electron chi connectivity index (χ3n) is 1.23. The van der Waals surface area contributed by atoms with Gasteiger partial charge in [0.05, 0.1) is 0 Å². The van der Waals surface area contributed by atoms with Crippen LogP contribution >= 0.6 is 0 Å². The van der Waals surface area contributed by atoms with Gasteiger partial charge in [0.25, 0.3) is 0 Å². The van der Waals surface area contributed by atoms with E-state index in [1.807, 2.05) is 0 Å². The van der Waals surface area contributed by atoms with Crippen LogP contribution in [0.5, 0.6) is 0 Å². The van der Waals surface area contributed by atoms with E-state index in [1.54, 1.807) is 0 Å². The number of pyridine rings is 1. The smallest absolute Gasteiger partial charge is 0.222 e. The monoisotopic (exact) mass is 169 g/mol. The summed E-state index contributed by atoms with van der Waals surface area (Å²) in [6.45, 7) is 1.30. The maximum absolute atomic E-state index is 12.7. The van der Waals surface area contributed by atoms with Crippen molar-refractivity contribution in [2.45, 2.75) is 6.92 Å². The summed E-state index contributed by atoms with van der Waals surface area (Å²) in [5.41, 5.74) is 5.13. The van der Waals surface area contributed by atoms with Crippen LogP contribution in [-0.2, 0) is 4.79 Å². The zero-order chi connectivity index (χ0) is 9.14. The number of nitrogens with two attached hydrogens (primary N) is 1. The van der Waals surface area contributed by atoms with Crippen LogP contribution in [0, 0.1) is 5.82 Å². The molecule has 0 radical (unpaired) electrons. The molecule has 0 aliphatic rings. The Morgan fingerprint density at radius 1 is 1.75 bits per heavy atom. The topological polar surface area (TPSA) is 68.0 Å². The fourth-order valence-corrected chi connectivity index (χ4v) is 0.716. The van der Waals surface area contributed by atoms with Crippen molar-refractivity contribution in [1.29, 1.82) is 0 Å². The number of carbonyl (C=O) groups excluding carboxylic acids is 1. The van der Waals surface area contributed by atoms with Gasteiger partial charge in [-0.05, 0) is 6.07 Å². The lowest BCUT2D eigenvalue weighted by atomic mass is 10.4. The van der Waals surface area contributed by atoms with Gasteiger partial charge in [0.15, 0.2) is 11.6 Å². The molecular weight excluding hydrogens is 161 g/mol. The van der Waals surface area contributed by atoms with Gasteiger partial charge in [-0.3, -0.25) is 4.79 Å². The highest BCUT2D eigenvalue weighted by molar-refractivity contribution is 5.90. The maximum Gasteiger partial charge on any atom is 0.222 e. The van der Waals surface area contributed by atoms with Gasteiger partial charge in [-0.15, -0.1) is 0 Å². The van der Waals surface area contributed by atoms with Crippen LogP contribution in [0.4, 0.5) is 15.9 Å². The van der Waals surface area contributed by atoms with Crippen molar-refractivity contribution in [1.82, 2.24) is 4.98 Å². The Kier molecular flexibility index (Phi) is 2.23. The number of anilines is 2. The third kappa shape index (κ3) is 1.69. The van der Waals surface area contributed by atoms with Gasteiger partial charge < -0.3 is 11.1 Å². The van der Waals surface area contributed by atoms with Crippen molar-refractivity contribution in [2.75, 3.05) is 11.1 Å². The Balaban J connectivity index is 3.00. The molecule has 3 N–H and O–H groups in total. The highest BCUT2D eigenvalue weighted by atomic mass is 19.1. The molecule has 0 spiro atoms. The van der Waals surface area contributed by atoms with Gasteiger partial charge >= 0.3 is 0 Å². The Bertz CT molecular complexity index is 314. The number of nitrogen functional groups attached to an aromatic ring is 1. The van der Waals surface area contributed by atoms with Crippen molar-refractivity contribution in [3.63, 3.8) is 0 Å². The largest absolute Gasteiger partial charge is 0.393 e. The van der Waals surface area contributed by atoms with Crippen molar-refractivity contribution in [3.8, 4) is 0 Å². The number of aromatic nitrogens is 1. The summed E-state index contributed by atoms with van der Waals surface area (Å²) in [6.07, 6.45) is 1.23. The van der Waals surface area contributed by atoms with E-state index in [4.69, 9.17) is 5.73 Å². The lowest BCUT2D eigenvalue weighted by Crippen LogP contribution is -2.10. The van der Waals surface area contributed by atoms with E-state index in [1.165, 1.54) is 13.1 Å². The Hall–Kier alpha value is -1.65. The highest BCUT2D eigenvalue weighted by Gasteiger charge is 2.05. The summed E-state index contributed by atoms with van der Waals surface area (Å²) in [7, 11) is 0. The fourth-order valence-electron chi connectivity index (χ4n) is 0.716. The van der Waals surface area contributed by atoms with Crippen LogP contribution < -0.4 is 11.1 Å². The molecule has 0 unspecified atom stereocenters. The van der Waals surface area contributed by atoms with Crippen LogP contribution in [0.15, 0.2) is 12.3 Å². The molecule has 1 rings (SSSR count). The van der Waals surface area contributed by atoms with E-state index in [2.05, 4.69) is 10.3 Å². The number of amides is 1. The molecule has 5 heteroatoms. The number of rotatable bonds is 1. The quantitative estimate of drug-likeness (QED) is 0.652. The van der Waals surface area contributed by atoms with Crippen LogP contribution in [-0.4, -0.2) is 10.9 Å². The first-order valence-electron chi connectivity index (χ1n) is 3.29.